The highest BCUT2D eigenvalue weighted by Gasteiger charge is 2.23. The monoisotopic (exact) mass is 243 g/mol. The maximum absolute atomic E-state index is 9.13. The smallest absolute Gasteiger partial charge is 0.323 e. The average molecular weight is 243 g/mol. The predicted octanol–water partition coefficient (Wildman–Crippen LogP) is -0.992. The van der Waals surface area contributed by atoms with Crippen molar-refractivity contribution in [1.29, 1.82) is 0 Å². The Morgan fingerprint density at radius 1 is 1.29 bits per heavy atom. The zero-order chi connectivity index (χ0) is 12.9. The summed E-state index contributed by atoms with van der Waals surface area (Å²) in [5.41, 5.74) is 4.55. The number of aromatic nitrogens is 3. The van der Waals surface area contributed by atoms with Gasteiger partial charge < -0.3 is 26.0 Å². The Labute approximate surface area is 98.9 Å². The normalized spacial score (nSPS) is 11.3. The molecule has 0 saturated heterocycles. The van der Waals surface area contributed by atoms with Crippen molar-refractivity contribution < 1.29 is 14.9 Å². The Morgan fingerprint density at radius 3 is 2.47 bits per heavy atom. The van der Waals surface area contributed by atoms with E-state index in [2.05, 4.69) is 20.3 Å². The van der Waals surface area contributed by atoms with Gasteiger partial charge >= 0.3 is 6.01 Å². The lowest BCUT2D eigenvalue weighted by atomic mass is 10.1. The molecule has 0 aromatic carbocycles. The van der Waals surface area contributed by atoms with Gasteiger partial charge in [-0.1, -0.05) is 0 Å². The van der Waals surface area contributed by atoms with Gasteiger partial charge in [0.25, 0.3) is 0 Å². The molecule has 17 heavy (non-hydrogen) atoms. The first-order chi connectivity index (χ1) is 8.03. The highest BCUT2D eigenvalue weighted by Crippen LogP contribution is 2.14. The standard InChI is InChI=1S/C9H17N5O3/c1-3-17-8-12-6(10)11-7(13-8)14-9(2,4-15)5-16/h15-16H,3-5H2,1-2H3,(H3,10,11,12,13,14). The fourth-order valence-corrected chi connectivity index (χ4v) is 1.02. The van der Waals surface area contributed by atoms with Crippen LogP contribution in [0.25, 0.3) is 0 Å². The second-order valence-electron chi connectivity index (χ2n) is 3.73. The van der Waals surface area contributed by atoms with Crippen LogP contribution >= 0.6 is 0 Å². The number of aliphatic hydroxyl groups excluding tert-OH is 2. The third-order valence-electron chi connectivity index (χ3n) is 2.02. The van der Waals surface area contributed by atoms with Crippen LogP contribution in [-0.4, -0.2) is 50.5 Å². The van der Waals surface area contributed by atoms with E-state index in [0.29, 0.717) is 6.61 Å². The summed E-state index contributed by atoms with van der Waals surface area (Å²) in [6, 6.07) is 0.0979. The van der Waals surface area contributed by atoms with Crippen LogP contribution in [0.15, 0.2) is 0 Å². The molecular weight excluding hydrogens is 226 g/mol. The summed E-state index contributed by atoms with van der Waals surface area (Å²) in [6.07, 6.45) is 0. The van der Waals surface area contributed by atoms with Crippen LogP contribution in [0, 0.1) is 0 Å². The summed E-state index contributed by atoms with van der Waals surface area (Å²) in [4.78, 5) is 11.6. The molecule has 1 aromatic rings. The number of nitrogen functional groups attached to an aromatic ring is 1. The van der Waals surface area contributed by atoms with Gasteiger partial charge in [-0.05, 0) is 13.8 Å². The van der Waals surface area contributed by atoms with E-state index in [-0.39, 0.29) is 31.1 Å². The van der Waals surface area contributed by atoms with Crippen LogP contribution in [0.2, 0.25) is 0 Å². The Hall–Kier alpha value is -1.67. The number of nitrogens with zero attached hydrogens (tertiary/aromatic N) is 3. The van der Waals surface area contributed by atoms with Crippen LogP contribution in [0.4, 0.5) is 11.9 Å². The minimum absolute atomic E-state index is 0.00387. The Balaban J connectivity index is 2.90. The molecule has 8 heteroatoms. The number of hydrogen-bond donors (Lipinski definition) is 4. The minimum atomic E-state index is -0.933. The van der Waals surface area contributed by atoms with Crippen LogP contribution < -0.4 is 15.8 Å². The van der Waals surface area contributed by atoms with E-state index in [9.17, 15) is 0 Å². The molecule has 0 radical (unpaired) electrons. The molecule has 0 atom stereocenters. The molecule has 5 N–H and O–H groups in total. The van der Waals surface area contributed by atoms with E-state index in [1.165, 1.54) is 0 Å². The van der Waals surface area contributed by atoms with Gasteiger partial charge in [0, 0.05) is 0 Å². The average Bonchev–Trinajstić information content (AvgIpc) is 2.28. The van der Waals surface area contributed by atoms with Gasteiger partial charge in [-0.3, -0.25) is 0 Å². The minimum Gasteiger partial charge on any atom is -0.464 e. The largest absolute Gasteiger partial charge is 0.464 e. The van der Waals surface area contributed by atoms with Gasteiger partial charge in [-0.25, -0.2) is 0 Å². The van der Waals surface area contributed by atoms with Crippen molar-refractivity contribution >= 4 is 11.9 Å². The molecule has 0 aliphatic rings. The van der Waals surface area contributed by atoms with Crippen molar-refractivity contribution in [2.24, 2.45) is 0 Å². The van der Waals surface area contributed by atoms with E-state index in [1.807, 2.05) is 0 Å². The van der Waals surface area contributed by atoms with E-state index >= 15 is 0 Å². The highest BCUT2D eigenvalue weighted by molar-refractivity contribution is 5.35. The number of rotatable bonds is 6. The van der Waals surface area contributed by atoms with Gasteiger partial charge in [0.15, 0.2) is 0 Å². The fraction of sp³-hybridized carbons (Fsp3) is 0.667. The molecule has 0 saturated carbocycles. The van der Waals surface area contributed by atoms with Crippen molar-refractivity contribution in [2.45, 2.75) is 19.4 Å². The lowest BCUT2D eigenvalue weighted by molar-refractivity contribution is 0.147. The van der Waals surface area contributed by atoms with Crippen LogP contribution in [-0.2, 0) is 0 Å². The number of nitrogens with one attached hydrogen (secondary N) is 1. The van der Waals surface area contributed by atoms with Crippen LogP contribution in [0.3, 0.4) is 0 Å². The van der Waals surface area contributed by atoms with Crippen LogP contribution in [0.1, 0.15) is 13.8 Å². The molecule has 96 valence electrons. The van der Waals surface area contributed by atoms with Gasteiger partial charge in [-0.15, -0.1) is 0 Å². The second-order valence-corrected chi connectivity index (χ2v) is 3.73. The van der Waals surface area contributed by atoms with E-state index in [0.717, 1.165) is 0 Å². The maximum Gasteiger partial charge on any atom is 0.323 e. The summed E-state index contributed by atoms with van der Waals surface area (Å²) >= 11 is 0. The molecule has 8 nitrogen and oxygen atoms in total. The third kappa shape index (κ3) is 3.68. The highest BCUT2D eigenvalue weighted by atomic mass is 16.5. The second kappa shape index (κ2) is 5.60. The summed E-state index contributed by atoms with van der Waals surface area (Å²) in [7, 11) is 0. The maximum atomic E-state index is 9.13. The Morgan fingerprint density at radius 2 is 1.94 bits per heavy atom. The van der Waals surface area contributed by atoms with Crippen molar-refractivity contribution in [2.75, 3.05) is 30.9 Å². The topological polar surface area (TPSA) is 126 Å². The number of hydrogen-bond acceptors (Lipinski definition) is 8. The number of ether oxygens (including phenoxy) is 1. The third-order valence-corrected chi connectivity index (χ3v) is 2.02. The lowest BCUT2D eigenvalue weighted by Gasteiger charge is -2.26. The first kappa shape index (κ1) is 13.4. The quantitative estimate of drug-likeness (QED) is 0.501. The molecule has 1 heterocycles. The summed E-state index contributed by atoms with van der Waals surface area (Å²) in [5, 5.41) is 21.0. The van der Waals surface area contributed by atoms with Crippen molar-refractivity contribution in [3.63, 3.8) is 0 Å². The summed E-state index contributed by atoms with van der Waals surface area (Å²) in [6.45, 7) is 3.25. The zero-order valence-corrected chi connectivity index (χ0v) is 9.84. The Kier molecular flexibility index (Phi) is 4.41. The van der Waals surface area contributed by atoms with E-state index in [4.69, 9.17) is 20.7 Å². The summed E-state index contributed by atoms with van der Waals surface area (Å²) < 4.78 is 5.10. The van der Waals surface area contributed by atoms with E-state index in [1.54, 1.807) is 13.8 Å². The van der Waals surface area contributed by atoms with Crippen molar-refractivity contribution in [3.05, 3.63) is 0 Å². The van der Waals surface area contributed by atoms with Crippen molar-refractivity contribution in [1.82, 2.24) is 15.0 Å². The van der Waals surface area contributed by atoms with Gasteiger partial charge in [0.05, 0.1) is 25.4 Å². The molecule has 0 unspecified atom stereocenters. The first-order valence-corrected chi connectivity index (χ1v) is 5.17. The number of anilines is 2. The molecule has 0 fully saturated rings. The predicted molar refractivity (Wildman–Crippen MR) is 61.6 cm³/mol. The van der Waals surface area contributed by atoms with Crippen LogP contribution in [0.5, 0.6) is 6.01 Å². The molecule has 0 aliphatic carbocycles. The molecule has 1 rings (SSSR count). The molecule has 0 aliphatic heterocycles. The zero-order valence-electron chi connectivity index (χ0n) is 9.84. The first-order valence-electron chi connectivity index (χ1n) is 5.17. The molecule has 1 aromatic heterocycles. The molecule has 0 amide bonds. The number of aliphatic hydroxyl groups is 2. The SMILES string of the molecule is CCOc1nc(N)nc(NC(C)(CO)CO)n1. The number of nitrogens with two attached hydrogens (primary N) is 1. The fourth-order valence-electron chi connectivity index (χ4n) is 1.02. The molecular formula is C9H17N5O3. The van der Waals surface area contributed by atoms with Gasteiger partial charge in [-0.2, -0.15) is 15.0 Å². The van der Waals surface area contributed by atoms with Crippen molar-refractivity contribution in [3.8, 4) is 6.01 Å². The lowest BCUT2D eigenvalue weighted by Crippen LogP contribution is -2.43. The Bertz CT molecular complexity index is 370. The van der Waals surface area contributed by atoms with Gasteiger partial charge in [0.1, 0.15) is 0 Å². The molecule has 0 bridgehead atoms. The summed E-state index contributed by atoms with van der Waals surface area (Å²) in [5.74, 6) is 0.149. The van der Waals surface area contributed by atoms with Gasteiger partial charge in [0.2, 0.25) is 11.9 Å². The molecule has 0 spiro atoms. The van der Waals surface area contributed by atoms with E-state index < -0.39 is 5.54 Å².